The van der Waals surface area contributed by atoms with E-state index in [0.717, 1.165) is 5.69 Å². The fourth-order valence-corrected chi connectivity index (χ4v) is 0.952. The van der Waals surface area contributed by atoms with Gasteiger partial charge in [0.1, 0.15) is 12.0 Å². The lowest BCUT2D eigenvalue weighted by Crippen LogP contribution is -1.89. The summed E-state index contributed by atoms with van der Waals surface area (Å²) in [4.78, 5) is 8.20. The van der Waals surface area contributed by atoms with Gasteiger partial charge in [-0.2, -0.15) is 0 Å². The van der Waals surface area contributed by atoms with Gasteiger partial charge in [0.25, 0.3) is 0 Å². The van der Waals surface area contributed by atoms with E-state index in [0.29, 0.717) is 5.82 Å². The highest BCUT2D eigenvalue weighted by Crippen LogP contribution is 2.08. The van der Waals surface area contributed by atoms with Crippen molar-refractivity contribution in [1.82, 2.24) is 19.7 Å². The molecule has 0 saturated heterocycles. The zero-order valence-electron chi connectivity index (χ0n) is 6.68. The second-order valence-electron chi connectivity index (χ2n) is 2.46. The first-order valence-corrected chi connectivity index (χ1v) is 3.63. The van der Waals surface area contributed by atoms with Crippen LogP contribution in [0.15, 0.2) is 30.7 Å². The SMILES string of the molecule is Cn1cnc(-c2ccccn2)n1. The van der Waals surface area contributed by atoms with E-state index in [1.165, 1.54) is 0 Å². The second-order valence-corrected chi connectivity index (χ2v) is 2.46. The molecule has 2 rings (SSSR count). The fourth-order valence-electron chi connectivity index (χ4n) is 0.952. The Morgan fingerprint density at radius 2 is 2.17 bits per heavy atom. The normalized spacial score (nSPS) is 10.1. The Bertz CT molecular complexity index is 366. The zero-order valence-corrected chi connectivity index (χ0v) is 6.68. The lowest BCUT2D eigenvalue weighted by molar-refractivity contribution is 0.767. The summed E-state index contributed by atoms with van der Waals surface area (Å²) in [5.74, 6) is 0.665. The van der Waals surface area contributed by atoms with Crippen LogP contribution in [-0.2, 0) is 7.05 Å². The number of hydrogen-bond acceptors (Lipinski definition) is 3. The van der Waals surface area contributed by atoms with Crippen LogP contribution < -0.4 is 0 Å². The van der Waals surface area contributed by atoms with Gasteiger partial charge in [0, 0.05) is 13.2 Å². The van der Waals surface area contributed by atoms with Crippen molar-refractivity contribution in [2.24, 2.45) is 7.05 Å². The minimum Gasteiger partial charge on any atom is -0.255 e. The number of aromatic nitrogens is 4. The Morgan fingerprint density at radius 1 is 1.25 bits per heavy atom. The van der Waals surface area contributed by atoms with Crippen molar-refractivity contribution in [3.8, 4) is 11.5 Å². The monoisotopic (exact) mass is 160 g/mol. The van der Waals surface area contributed by atoms with Crippen LogP contribution in [0.4, 0.5) is 0 Å². The second kappa shape index (κ2) is 2.73. The van der Waals surface area contributed by atoms with Gasteiger partial charge in [-0.1, -0.05) is 6.07 Å². The van der Waals surface area contributed by atoms with E-state index in [1.807, 2.05) is 25.2 Å². The highest BCUT2D eigenvalue weighted by Gasteiger charge is 2.01. The van der Waals surface area contributed by atoms with Crippen LogP contribution in [0, 0.1) is 0 Å². The number of pyridine rings is 1. The highest BCUT2D eigenvalue weighted by atomic mass is 15.3. The Hall–Kier alpha value is -1.71. The average molecular weight is 160 g/mol. The van der Waals surface area contributed by atoms with Crippen molar-refractivity contribution in [2.75, 3.05) is 0 Å². The van der Waals surface area contributed by atoms with Crippen LogP contribution in [-0.4, -0.2) is 19.7 Å². The van der Waals surface area contributed by atoms with Crippen molar-refractivity contribution in [3.05, 3.63) is 30.7 Å². The summed E-state index contributed by atoms with van der Waals surface area (Å²) in [6, 6.07) is 5.67. The predicted molar refractivity (Wildman–Crippen MR) is 44.2 cm³/mol. The molecule has 2 heterocycles. The Labute approximate surface area is 69.9 Å². The van der Waals surface area contributed by atoms with Gasteiger partial charge in [0.15, 0.2) is 5.82 Å². The quantitative estimate of drug-likeness (QED) is 0.622. The minimum absolute atomic E-state index is 0.665. The third-order valence-corrected chi connectivity index (χ3v) is 1.49. The average Bonchev–Trinajstić information content (AvgIpc) is 2.54. The van der Waals surface area contributed by atoms with Gasteiger partial charge in [0.2, 0.25) is 0 Å². The van der Waals surface area contributed by atoms with Crippen molar-refractivity contribution < 1.29 is 0 Å². The molecule has 60 valence electrons. The standard InChI is InChI=1S/C8H8N4/c1-12-6-10-8(11-12)7-4-2-3-5-9-7/h2-6H,1H3. The van der Waals surface area contributed by atoms with E-state index in [9.17, 15) is 0 Å². The number of hydrogen-bond donors (Lipinski definition) is 0. The summed E-state index contributed by atoms with van der Waals surface area (Å²) >= 11 is 0. The Morgan fingerprint density at radius 3 is 2.75 bits per heavy atom. The molecule has 0 unspecified atom stereocenters. The molecule has 0 N–H and O–H groups in total. The Balaban J connectivity index is 2.45. The molecule has 0 atom stereocenters. The van der Waals surface area contributed by atoms with Crippen LogP contribution in [0.2, 0.25) is 0 Å². The maximum atomic E-state index is 4.12. The van der Waals surface area contributed by atoms with E-state index in [1.54, 1.807) is 17.2 Å². The van der Waals surface area contributed by atoms with Crippen molar-refractivity contribution in [3.63, 3.8) is 0 Å². The molecule has 0 spiro atoms. The van der Waals surface area contributed by atoms with E-state index < -0.39 is 0 Å². The maximum Gasteiger partial charge on any atom is 0.199 e. The number of rotatable bonds is 1. The lowest BCUT2D eigenvalue weighted by atomic mass is 10.3. The molecule has 0 aliphatic heterocycles. The molecule has 4 heteroatoms. The van der Waals surface area contributed by atoms with Crippen LogP contribution in [0.5, 0.6) is 0 Å². The third-order valence-electron chi connectivity index (χ3n) is 1.49. The first-order valence-electron chi connectivity index (χ1n) is 3.63. The molecule has 0 bridgehead atoms. The molecule has 0 amide bonds. The van der Waals surface area contributed by atoms with E-state index >= 15 is 0 Å². The predicted octanol–water partition coefficient (Wildman–Crippen LogP) is 0.877. The third kappa shape index (κ3) is 1.18. The van der Waals surface area contributed by atoms with Gasteiger partial charge in [-0.25, -0.2) is 4.98 Å². The molecule has 0 saturated carbocycles. The van der Waals surface area contributed by atoms with E-state index in [2.05, 4.69) is 15.1 Å². The van der Waals surface area contributed by atoms with Gasteiger partial charge in [0.05, 0.1) is 0 Å². The summed E-state index contributed by atoms with van der Waals surface area (Å²) in [7, 11) is 1.83. The van der Waals surface area contributed by atoms with Crippen molar-refractivity contribution >= 4 is 0 Å². The minimum atomic E-state index is 0.665. The summed E-state index contributed by atoms with van der Waals surface area (Å²) in [6.45, 7) is 0. The zero-order chi connectivity index (χ0) is 8.39. The molecule has 2 aromatic heterocycles. The largest absolute Gasteiger partial charge is 0.255 e. The van der Waals surface area contributed by atoms with Gasteiger partial charge in [-0.05, 0) is 12.1 Å². The molecular formula is C8H8N4. The molecule has 12 heavy (non-hydrogen) atoms. The summed E-state index contributed by atoms with van der Waals surface area (Å²) in [5.41, 5.74) is 0.804. The fraction of sp³-hybridized carbons (Fsp3) is 0.125. The number of nitrogens with zero attached hydrogens (tertiary/aromatic N) is 4. The van der Waals surface area contributed by atoms with Crippen LogP contribution >= 0.6 is 0 Å². The Kier molecular flexibility index (Phi) is 1.59. The van der Waals surface area contributed by atoms with Crippen molar-refractivity contribution in [1.29, 1.82) is 0 Å². The smallest absolute Gasteiger partial charge is 0.199 e. The van der Waals surface area contributed by atoms with Gasteiger partial charge < -0.3 is 0 Å². The molecule has 2 aromatic rings. The first kappa shape index (κ1) is 6.97. The summed E-state index contributed by atoms with van der Waals surface area (Å²) in [5, 5.41) is 4.12. The molecule has 0 radical (unpaired) electrons. The van der Waals surface area contributed by atoms with Crippen LogP contribution in [0.25, 0.3) is 11.5 Å². The van der Waals surface area contributed by atoms with Crippen molar-refractivity contribution in [2.45, 2.75) is 0 Å². The molecule has 0 aliphatic carbocycles. The summed E-state index contributed by atoms with van der Waals surface area (Å²) in [6.07, 6.45) is 3.38. The molecular weight excluding hydrogens is 152 g/mol. The first-order chi connectivity index (χ1) is 5.86. The summed E-state index contributed by atoms with van der Waals surface area (Å²) < 4.78 is 1.66. The molecule has 0 aromatic carbocycles. The van der Waals surface area contributed by atoms with Crippen LogP contribution in [0.1, 0.15) is 0 Å². The topological polar surface area (TPSA) is 43.6 Å². The highest BCUT2D eigenvalue weighted by molar-refractivity contribution is 5.46. The molecule has 0 aliphatic rings. The maximum absolute atomic E-state index is 4.12. The van der Waals surface area contributed by atoms with Gasteiger partial charge >= 0.3 is 0 Å². The molecule has 0 fully saturated rings. The number of aryl methyl sites for hydroxylation is 1. The van der Waals surface area contributed by atoms with E-state index in [4.69, 9.17) is 0 Å². The van der Waals surface area contributed by atoms with E-state index in [-0.39, 0.29) is 0 Å². The van der Waals surface area contributed by atoms with Gasteiger partial charge in [-0.15, -0.1) is 5.10 Å². The van der Waals surface area contributed by atoms with Crippen LogP contribution in [0.3, 0.4) is 0 Å². The van der Waals surface area contributed by atoms with Gasteiger partial charge in [-0.3, -0.25) is 9.67 Å². The molecule has 4 nitrogen and oxygen atoms in total. The lowest BCUT2D eigenvalue weighted by Gasteiger charge is -1.90.